The highest BCUT2D eigenvalue weighted by atomic mass is 19.1. The molecular formula is C21H28F2. The molecule has 0 aliphatic heterocycles. The van der Waals surface area contributed by atoms with Gasteiger partial charge in [-0.15, -0.1) is 6.58 Å². The van der Waals surface area contributed by atoms with Crippen LogP contribution >= 0.6 is 0 Å². The third-order valence-electron chi connectivity index (χ3n) is 6.11. The third kappa shape index (κ3) is 3.84. The van der Waals surface area contributed by atoms with Gasteiger partial charge in [-0.25, -0.2) is 4.39 Å². The maximum absolute atomic E-state index is 14.6. The van der Waals surface area contributed by atoms with E-state index in [-0.39, 0.29) is 24.3 Å². The van der Waals surface area contributed by atoms with Crippen molar-refractivity contribution in [1.82, 2.24) is 0 Å². The van der Waals surface area contributed by atoms with Crippen molar-refractivity contribution < 1.29 is 8.78 Å². The number of rotatable bonds is 4. The average molecular weight is 318 g/mol. The van der Waals surface area contributed by atoms with Gasteiger partial charge in [0.15, 0.2) is 0 Å². The molecule has 0 spiro atoms. The van der Waals surface area contributed by atoms with E-state index in [0.29, 0.717) is 11.8 Å². The van der Waals surface area contributed by atoms with E-state index in [4.69, 9.17) is 0 Å². The minimum atomic E-state index is -0.221. The monoisotopic (exact) mass is 318 g/mol. The van der Waals surface area contributed by atoms with E-state index in [1.807, 2.05) is 6.07 Å². The molecule has 0 amide bonds. The van der Waals surface area contributed by atoms with Gasteiger partial charge in [-0.2, -0.15) is 0 Å². The van der Waals surface area contributed by atoms with Crippen LogP contribution in [0.3, 0.4) is 0 Å². The lowest BCUT2D eigenvalue weighted by atomic mass is 9.76. The molecule has 0 aromatic heterocycles. The van der Waals surface area contributed by atoms with Crippen LogP contribution in [-0.2, 0) is 0 Å². The summed E-state index contributed by atoms with van der Waals surface area (Å²) in [5, 5.41) is 0. The van der Waals surface area contributed by atoms with Crippen molar-refractivity contribution in [1.29, 1.82) is 0 Å². The van der Waals surface area contributed by atoms with Gasteiger partial charge in [0, 0.05) is 0 Å². The smallest absolute Gasteiger partial charge is 0.126 e. The second kappa shape index (κ2) is 7.59. The fourth-order valence-electron chi connectivity index (χ4n) is 4.44. The summed E-state index contributed by atoms with van der Waals surface area (Å²) in [6.45, 7) is 3.67. The van der Waals surface area contributed by atoms with E-state index in [0.717, 1.165) is 49.7 Å². The first kappa shape index (κ1) is 16.7. The quantitative estimate of drug-likeness (QED) is 0.554. The van der Waals surface area contributed by atoms with E-state index < -0.39 is 0 Å². The van der Waals surface area contributed by atoms with Crippen LogP contribution < -0.4 is 0 Å². The minimum absolute atomic E-state index is 0.0444. The fraction of sp³-hybridized carbons (Fsp3) is 0.619. The zero-order chi connectivity index (χ0) is 16.2. The molecule has 1 aromatic carbocycles. The van der Waals surface area contributed by atoms with E-state index in [1.165, 1.54) is 12.8 Å². The summed E-state index contributed by atoms with van der Waals surface area (Å²) in [5.41, 5.74) is 2.01. The van der Waals surface area contributed by atoms with Gasteiger partial charge >= 0.3 is 0 Å². The molecule has 0 saturated heterocycles. The number of halogens is 2. The Balaban J connectivity index is 1.65. The van der Waals surface area contributed by atoms with E-state index >= 15 is 0 Å². The van der Waals surface area contributed by atoms with Crippen LogP contribution in [-0.4, -0.2) is 6.67 Å². The van der Waals surface area contributed by atoms with Gasteiger partial charge in [-0.3, -0.25) is 4.39 Å². The standard InChI is InChI=1S/C21H28F2/c1-2-15-3-7-17(8-4-15)19-11-12-20(21(23)13-19)18-9-5-16(14-22)6-10-18/h2,11-13,15-18H,1,3-10,14H2. The largest absolute Gasteiger partial charge is 0.251 e. The molecule has 3 rings (SSSR count). The van der Waals surface area contributed by atoms with Gasteiger partial charge in [-0.1, -0.05) is 18.2 Å². The van der Waals surface area contributed by atoms with Gasteiger partial charge in [0.1, 0.15) is 5.82 Å². The van der Waals surface area contributed by atoms with Gasteiger partial charge in [0.25, 0.3) is 0 Å². The summed E-state index contributed by atoms with van der Waals surface area (Å²) in [5.74, 6) is 1.58. The topological polar surface area (TPSA) is 0 Å². The van der Waals surface area contributed by atoms with Crippen molar-refractivity contribution in [3.63, 3.8) is 0 Å². The molecule has 1 aromatic rings. The molecule has 2 aliphatic carbocycles. The number of hydrogen-bond acceptors (Lipinski definition) is 0. The second-order valence-corrected chi connectivity index (χ2v) is 7.50. The maximum atomic E-state index is 14.6. The van der Waals surface area contributed by atoms with E-state index in [2.05, 4.69) is 18.7 Å². The van der Waals surface area contributed by atoms with Crippen LogP contribution in [0.5, 0.6) is 0 Å². The van der Waals surface area contributed by atoms with Crippen LogP contribution in [0.2, 0.25) is 0 Å². The first-order chi connectivity index (χ1) is 11.2. The second-order valence-electron chi connectivity index (χ2n) is 7.50. The number of hydrogen-bond donors (Lipinski definition) is 0. The number of benzene rings is 1. The van der Waals surface area contributed by atoms with Crippen molar-refractivity contribution in [3.05, 3.63) is 47.8 Å². The Morgan fingerprint density at radius 3 is 2.17 bits per heavy atom. The van der Waals surface area contributed by atoms with Crippen LogP contribution in [0.25, 0.3) is 0 Å². The van der Waals surface area contributed by atoms with Gasteiger partial charge in [0.2, 0.25) is 0 Å². The average Bonchev–Trinajstić information content (AvgIpc) is 2.62. The molecule has 2 heteroatoms. The minimum Gasteiger partial charge on any atom is -0.251 e. The Bertz CT molecular complexity index is 521. The van der Waals surface area contributed by atoms with Crippen LogP contribution in [0, 0.1) is 17.7 Å². The molecule has 0 bridgehead atoms. The maximum Gasteiger partial charge on any atom is 0.126 e. The molecule has 2 aliphatic rings. The van der Waals surface area contributed by atoms with Crippen LogP contribution in [0.15, 0.2) is 30.9 Å². The Hall–Kier alpha value is -1.18. The lowest BCUT2D eigenvalue weighted by Crippen LogP contribution is -2.16. The van der Waals surface area contributed by atoms with Crippen molar-refractivity contribution >= 4 is 0 Å². The summed E-state index contributed by atoms with van der Waals surface area (Å²) in [4.78, 5) is 0. The third-order valence-corrected chi connectivity index (χ3v) is 6.11. The molecule has 0 heterocycles. The molecular weight excluding hydrogens is 290 g/mol. The SMILES string of the molecule is C=CC1CCC(c2ccc(C3CCC(CF)CC3)c(F)c2)CC1. The summed E-state index contributed by atoms with van der Waals surface area (Å²) < 4.78 is 27.3. The van der Waals surface area contributed by atoms with Gasteiger partial charge < -0.3 is 0 Å². The Labute approximate surface area is 139 Å². The van der Waals surface area contributed by atoms with Crippen molar-refractivity contribution in [2.75, 3.05) is 6.67 Å². The molecule has 0 atom stereocenters. The number of allylic oxidation sites excluding steroid dienone is 1. The zero-order valence-corrected chi connectivity index (χ0v) is 13.9. The summed E-state index contributed by atoms with van der Waals surface area (Å²) in [7, 11) is 0. The Morgan fingerprint density at radius 1 is 0.957 bits per heavy atom. The molecule has 0 nitrogen and oxygen atoms in total. The van der Waals surface area contributed by atoms with E-state index in [9.17, 15) is 8.78 Å². The Kier molecular flexibility index (Phi) is 5.50. The van der Waals surface area contributed by atoms with Crippen LogP contribution in [0.1, 0.15) is 74.3 Å². The van der Waals surface area contributed by atoms with Crippen molar-refractivity contribution in [2.24, 2.45) is 11.8 Å². The molecule has 0 radical (unpaired) electrons. The van der Waals surface area contributed by atoms with E-state index in [1.54, 1.807) is 6.07 Å². The zero-order valence-electron chi connectivity index (χ0n) is 13.9. The van der Waals surface area contributed by atoms with Crippen molar-refractivity contribution in [3.8, 4) is 0 Å². The fourth-order valence-corrected chi connectivity index (χ4v) is 4.44. The van der Waals surface area contributed by atoms with Gasteiger partial charge in [0.05, 0.1) is 6.67 Å². The molecule has 2 fully saturated rings. The van der Waals surface area contributed by atoms with Gasteiger partial charge in [-0.05, 0) is 92.2 Å². The highest BCUT2D eigenvalue weighted by molar-refractivity contribution is 5.30. The summed E-state index contributed by atoms with van der Waals surface area (Å²) >= 11 is 0. The highest BCUT2D eigenvalue weighted by Crippen LogP contribution is 2.40. The predicted octanol–water partition coefficient (Wildman–Crippen LogP) is 6.53. The molecule has 2 saturated carbocycles. The van der Waals surface area contributed by atoms with Crippen LogP contribution in [0.4, 0.5) is 8.78 Å². The highest BCUT2D eigenvalue weighted by Gasteiger charge is 2.26. The number of alkyl halides is 1. The molecule has 0 N–H and O–H groups in total. The first-order valence-electron chi connectivity index (χ1n) is 9.19. The lowest BCUT2D eigenvalue weighted by molar-refractivity contribution is 0.261. The Morgan fingerprint density at radius 2 is 1.61 bits per heavy atom. The normalized spacial score (nSPS) is 31.7. The summed E-state index contributed by atoms with van der Waals surface area (Å²) in [6.07, 6.45) is 10.3. The van der Waals surface area contributed by atoms with Crippen molar-refractivity contribution in [2.45, 2.75) is 63.2 Å². The molecule has 0 unspecified atom stereocenters. The first-order valence-corrected chi connectivity index (χ1v) is 9.19. The lowest BCUT2D eigenvalue weighted by Gasteiger charge is -2.29. The summed E-state index contributed by atoms with van der Waals surface area (Å²) in [6, 6.07) is 5.92. The molecule has 23 heavy (non-hydrogen) atoms. The predicted molar refractivity (Wildman–Crippen MR) is 92.0 cm³/mol. The molecule has 126 valence electrons.